The fraction of sp³-hybridized carbons (Fsp3) is 0.348. The van der Waals surface area contributed by atoms with Crippen molar-refractivity contribution in [1.29, 1.82) is 0 Å². The Bertz CT molecular complexity index is 911. The van der Waals surface area contributed by atoms with Crippen LogP contribution in [-0.2, 0) is 12.8 Å². The summed E-state index contributed by atoms with van der Waals surface area (Å²) in [7, 11) is 0. The van der Waals surface area contributed by atoms with Crippen molar-refractivity contribution in [2.45, 2.75) is 44.6 Å². The molecule has 5 heteroatoms. The Morgan fingerprint density at radius 2 is 1.89 bits per heavy atom. The van der Waals surface area contributed by atoms with Gasteiger partial charge in [-0.1, -0.05) is 24.3 Å². The van der Waals surface area contributed by atoms with Crippen molar-refractivity contribution in [2.24, 2.45) is 5.92 Å². The molecule has 2 heterocycles. The molecule has 1 aliphatic rings. The number of carbonyl (C=O) groups excluding carboxylic acids is 1. The highest BCUT2D eigenvalue weighted by molar-refractivity contribution is 5.95. The SMILES string of the molecule is O=C(CCC(O)CCC1Cc2ccccc2C1)c1cnn(-c2cccnc2)c1. The molecule has 1 unspecified atom stereocenters. The first-order chi connectivity index (χ1) is 13.7. The van der Waals surface area contributed by atoms with Crippen LogP contribution in [0.4, 0.5) is 0 Å². The van der Waals surface area contributed by atoms with Gasteiger partial charge in [0.25, 0.3) is 0 Å². The maximum absolute atomic E-state index is 12.4. The van der Waals surface area contributed by atoms with Gasteiger partial charge in [-0.15, -0.1) is 0 Å². The zero-order chi connectivity index (χ0) is 19.3. The standard InChI is InChI=1S/C23H25N3O2/c27-22(8-7-17-12-18-4-1-2-5-19(18)13-17)9-10-23(28)20-14-25-26(16-20)21-6-3-11-24-15-21/h1-6,11,14-17,22,27H,7-10,12-13H2. The maximum Gasteiger partial charge on any atom is 0.166 e. The minimum absolute atomic E-state index is 0.0162. The van der Waals surface area contributed by atoms with Gasteiger partial charge in [-0.05, 0) is 61.3 Å². The zero-order valence-corrected chi connectivity index (χ0v) is 15.9. The van der Waals surface area contributed by atoms with Crippen molar-refractivity contribution in [3.8, 4) is 5.69 Å². The van der Waals surface area contributed by atoms with Crippen molar-refractivity contribution in [2.75, 3.05) is 0 Å². The summed E-state index contributed by atoms with van der Waals surface area (Å²) in [6.07, 6.45) is 11.1. The normalized spacial score (nSPS) is 14.8. The van der Waals surface area contributed by atoms with Crippen molar-refractivity contribution in [3.05, 3.63) is 77.9 Å². The summed E-state index contributed by atoms with van der Waals surface area (Å²) in [5.74, 6) is 0.628. The highest BCUT2D eigenvalue weighted by Crippen LogP contribution is 2.30. The molecule has 0 radical (unpaired) electrons. The summed E-state index contributed by atoms with van der Waals surface area (Å²) in [5.41, 5.74) is 4.28. The molecule has 5 nitrogen and oxygen atoms in total. The molecular weight excluding hydrogens is 350 g/mol. The van der Waals surface area contributed by atoms with E-state index in [1.165, 1.54) is 11.1 Å². The number of carbonyl (C=O) groups is 1. The van der Waals surface area contributed by atoms with Crippen LogP contribution in [0.2, 0.25) is 0 Å². The number of benzene rings is 1. The number of Topliss-reactive ketones (excluding diaryl/α,β-unsaturated/α-hetero) is 1. The molecule has 4 rings (SSSR count). The van der Waals surface area contributed by atoms with Crippen LogP contribution in [0.15, 0.2) is 61.2 Å². The van der Waals surface area contributed by atoms with Gasteiger partial charge in [0, 0.05) is 18.8 Å². The number of hydrogen-bond donors (Lipinski definition) is 1. The van der Waals surface area contributed by atoms with E-state index in [1.807, 2.05) is 12.1 Å². The molecule has 3 aromatic rings. The molecule has 0 bridgehead atoms. The van der Waals surface area contributed by atoms with Gasteiger partial charge in [-0.25, -0.2) is 4.68 Å². The van der Waals surface area contributed by atoms with Crippen LogP contribution in [0.1, 0.15) is 47.2 Å². The molecule has 28 heavy (non-hydrogen) atoms. The van der Waals surface area contributed by atoms with E-state index in [2.05, 4.69) is 34.3 Å². The lowest BCUT2D eigenvalue weighted by molar-refractivity contribution is 0.0927. The molecule has 1 aliphatic carbocycles. The van der Waals surface area contributed by atoms with Gasteiger partial charge in [-0.3, -0.25) is 9.78 Å². The molecule has 0 amide bonds. The van der Waals surface area contributed by atoms with Crippen molar-refractivity contribution >= 4 is 5.78 Å². The first-order valence-corrected chi connectivity index (χ1v) is 9.92. The predicted octanol–water partition coefficient (Wildman–Crippen LogP) is 3.79. The summed E-state index contributed by atoms with van der Waals surface area (Å²) in [6, 6.07) is 12.3. The van der Waals surface area contributed by atoms with E-state index in [0.717, 1.165) is 31.4 Å². The number of fused-ring (bicyclic) bond motifs is 1. The average molecular weight is 375 g/mol. The van der Waals surface area contributed by atoms with Gasteiger partial charge >= 0.3 is 0 Å². The second kappa shape index (κ2) is 8.48. The van der Waals surface area contributed by atoms with Crippen LogP contribution in [0.5, 0.6) is 0 Å². The van der Waals surface area contributed by atoms with Crippen molar-refractivity contribution < 1.29 is 9.90 Å². The predicted molar refractivity (Wildman–Crippen MR) is 108 cm³/mol. The minimum atomic E-state index is -0.430. The summed E-state index contributed by atoms with van der Waals surface area (Å²) in [4.78, 5) is 16.5. The highest BCUT2D eigenvalue weighted by atomic mass is 16.3. The van der Waals surface area contributed by atoms with Gasteiger partial charge in [0.1, 0.15) is 0 Å². The number of pyridine rings is 1. The fourth-order valence-electron chi connectivity index (χ4n) is 3.97. The molecule has 0 fully saturated rings. The van der Waals surface area contributed by atoms with Crippen molar-refractivity contribution in [1.82, 2.24) is 14.8 Å². The second-order valence-electron chi connectivity index (χ2n) is 7.62. The number of aliphatic hydroxyl groups excluding tert-OH is 1. The average Bonchev–Trinajstić information content (AvgIpc) is 3.38. The Kier molecular flexibility index (Phi) is 5.63. The monoisotopic (exact) mass is 375 g/mol. The fourth-order valence-corrected chi connectivity index (χ4v) is 3.97. The van der Waals surface area contributed by atoms with E-state index >= 15 is 0 Å². The Morgan fingerprint density at radius 1 is 1.11 bits per heavy atom. The third-order valence-corrected chi connectivity index (χ3v) is 5.56. The van der Waals surface area contributed by atoms with E-state index in [-0.39, 0.29) is 5.78 Å². The van der Waals surface area contributed by atoms with Gasteiger partial charge in [-0.2, -0.15) is 5.10 Å². The first kappa shape index (κ1) is 18.6. The summed E-state index contributed by atoms with van der Waals surface area (Å²) >= 11 is 0. The third-order valence-electron chi connectivity index (χ3n) is 5.56. The number of ketones is 1. The van der Waals surface area contributed by atoms with Crippen LogP contribution < -0.4 is 0 Å². The van der Waals surface area contributed by atoms with Gasteiger partial charge in [0.2, 0.25) is 0 Å². The third kappa shape index (κ3) is 4.37. The molecular formula is C23H25N3O2. The van der Waals surface area contributed by atoms with E-state index in [1.54, 1.807) is 29.5 Å². The zero-order valence-electron chi connectivity index (χ0n) is 15.9. The lowest BCUT2D eigenvalue weighted by atomic mass is 9.96. The van der Waals surface area contributed by atoms with Gasteiger partial charge < -0.3 is 5.11 Å². The lowest BCUT2D eigenvalue weighted by Gasteiger charge is -2.13. The smallest absolute Gasteiger partial charge is 0.166 e. The minimum Gasteiger partial charge on any atom is -0.393 e. The molecule has 144 valence electrons. The Hall–Kier alpha value is -2.79. The number of nitrogens with zero attached hydrogens (tertiary/aromatic N) is 3. The largest absolute Gasteiger partial charge is 0.393 e. The highest BCUT2D eigenvalue weighted by Gasteiger charge is 2.22. The second-order valence-corrected chi connectivity index (χ2v) is 7.62. The molecule has 1 aromatic carbocycles. The van der Waals surface area contributed by atoms with Gasteiger partial charge in [0.05, 0.1) is 29.7 Å². The van der Waals surface area contributed by atoms with Crippen LogP contribution in [0.25, 0.3) is 5.69 Å². The number of rotatable bonds is 8. The molecule has 0 saturated heterocycles. The number of aromatic nitrogens is 3. The Balaban J connectivity index is 1.22. The number of aliphatic hydroxyl groups is 1. The topological polar surface area (TPSA) is 68.0 Å². The number of hydrogen-bond acceptors (Lipinski definition) is 4. The molecule has 2 aromatic heterocycles. The first-order valence-electron chi connectivity index (χ1n) is 9.92. The van der Waals surface area contributed by atoms with Crippen LogP contribution in [-0.4, -0.2) is 31.8 Å². The summed E-state index contributed by atoms with van der Waals surface area (Å²) < 4.78 is 1.65. The quantitative estimate of drug-likeness (QED) is 0.608. The molecule has 0 saturated carbocycles. The summed E-state index contributed by atoms with van der Waals surface area (Å²) in [5, 5.41) is 14.6. The van der Waals surface area contributed by atoms with Crippen LogP contribution in [0, 0.1) is 5.92 Å². The van der Waals surface area contributed by atoms with Gasteiger partial charge in [0.15, 0.2) is 5.78 Å². The van der Waals surface area contributed by atoms with E-state index in [0.29, 0.717) is 24.3 Å². The van der Waals surface area contributed by atoms with Crippen LogP contribution in [0.3, 0.4) is 0 Å². The van der Waals surface area contributed by atoms with E-state index in [9.17, 15) is 9.90 Å². The molecule has 1 atom stereocenters. The van der Waals surface area contributed by atoms with Crippen molar-refractivity contribution in [3.63, 3.8) is 0 Å². The van der Waals surface area contributed by atoms with E-state index < -0.39 is 6.10 Å². The Labute approximate surface area is 165 Å². The maximum atomic E-state index is 12.4. The van der Waals surface area contributed by atoms with E-state index in [4.69, 9.17) is 0 Å². The van der Waals surface area contributed by atoms with Crippen LogP contribution >= 0.6 is 0 Å². The molecule has 0 spiro atoms. The molecule has 0 aliphatic heterocycles. The Morgan fingerprint density at radius 3 is 2.61 bits per heavy atom. The molecule has 1 N–H and O–H groups in total. The lowest BCUT2D eigenvalue weighted by Crippen LogP contribution is -2.12. The summed E-state index contributed by atoms with van der Waals surface area (Å²) in [6.45, 7) is 0.